The normalized spacial score (nSPS) is 11.1. The highest BCUT2D eigenvalue weighted by molar-refractivity contribution is 7.88. The van der Waals surface area contributed by atoms with Crippen LogP contribution in [-0.2, 0) is 10.0 Å². The molecule has 0 amide bonds. The lowest BCUT2D eigenvalue weighted by atomic mass is 10.3. The number of nitrogens with two attached hydrogens (primary N) is 1. The Balaban J connectivity index is 2.67. The van der Waals surface area contributed by atoms with Gasteiger partial charge >= 0.3 is 0 Å². The van der Waals surface area contributed by atoms with E-state index in [4.69, 9.17) is 5.84 Å². The molecule has 0 aliphatic heterocycles. The molecule has 0 unspecified atom stereocenters. The zero-order chi connectivity index (χ0) is 14.5. The van der Waals surface area contributed by atoms with Gasteiger partial charge < -0.3 is 10.7 Å². The van der Waals surface area contributed by atoms with Gasteiger partial charge in [0, 0.05) is 13.1 Å². The Labute approximate surface area is 109 Å². The van der Waals surface area contributed by atoms with Gasteiger partial charge in [0.15, 0.2) is 0 Å². The van der Waals surface area contributed by atoms with Crippen LogP contribution in [0.25, 0.3) is 0 Å². The predicted molar refractivity (Wildman–Crippen MR) is 70.0 cm³/mol. The molecule has 0 spiro atoms. The fourth-order valence-corrected chi connectivity index (χ4v) is 1.69. The lowest BCUT2D eigenvalue weighted by Gasteiger charge is -2.07. The number of hydrazine groups is 1. The van der Waals surface area contributed by atoms with E-state index in [2.05, 4.69) is 20.4 Å². The van der Waals surface area contributed by atoms with Crippen molar-refractivity contribution in [2.75, 3.05) is 30.1 Å². The van der Waals surface area contributed by atoms with E-state index in [1.165, 1.54) is 12.1 Å². The van der Waals surface area contributed by atoms with Gasteiger partial charge in [0.1, 0.15) is 11.6 Å². The van der Waals surface area contributed by atoms with Crippen molar-refractivity contribution in [3.63, 3.8) is 0 Å². The highest BCUT2D eigenvalue weighted by Gasteiger charge is 2.10. The SMILES string of the molecule is CS(=O)(=O)NCCNc1cc([N+](=O)[O-])cc(NN)n1. The first-order valence-corrected chi connectivity index (χ1v) is 7.02. The summed E-state index contributed by atoms with van der Waals surface area (Å²) in [6, 6.07) is 2.40. The van der Waals surface area contributed by atoms with Gasteiger partial charge in [0.05, 0.1) is 23.3 Å². The van der Waals surface area contributed by atoms with Crippen molar-refractivity contribution in [3.8, 4) is 0 Å². The minimum atomic E-state index is -3.26. The molecule has 106 valence electrons. The van der Waals surface area contributed by atoms with Crippen molar-refractivity contribution in [2.24, 2.45) is 5.84 Å². The summed E-state index contributed by atoms with van der Waals surface area (Å²) in [7, 11) is -3.26. The summed E-state index contributed by atoms with van der Waals surface area (Å²) in [4.78, 5) is 14.0. The van der Waals surface area contributed by atoms with E-state index in [-0.39, 0.29) is 30.4 Å². The molecule has 0 saturated heterocycles. The van der Waals surface area contributed by atoms with E-state index >= 15 is 0 Å². The maximum absolute atomic E-state index is 10.8. The summed E-state index contributed by atoms with van der Waals surface area (Å²) < 4.78 is 23.9. The summed E-state index contributed by atoms with van der Waals surface area (Å²) >= 11 is 0. The zero-order valence-electron chi connectivity index (χ0n) is 10.1. The van der Waals surface area contributed by atoms with E-state index in [1.807, 2.05) is 0 Å². The van der Waals surface area contributed by atoms with E-state index in [1.54, 1.807) is 0 Å². The van der Waals surface area contributed by atoms with Crippen LogP contribution >= 0.6 is 0 Å². The van der Waals surface area contributed by atoms with Crippen LogP contribution < -0.4 is 21.3 Å². The summed E-state index contributed by atoms with van der Waals surface area (Å²) in [5, 5.41) is 13.4. The molecular formula is C8H14N6O4S. The number of aromatic nitrogens is 1. The molecule has 0 atom stereocenters. The molecule has 10 nitrogen and oxygen atoms in total. The summed E-state index contributed by atoms with van der Waals surface area (Å²) in [6.45, 7) is 0.361. The first-order valence-electron chi connectivity index (χ1n) is 5.13. The third-order valence-corrected chi connectivity index (χ3v) is 2.69. The Morgan fingerprint density at radius 3 is 2.53 bits per heavy atom. The van der Waals surface area contributed by atoms with Crippen LogP contribution in [0.5, 0.6) is 0 Å². The van der Waals surface area contributed by atoms with Gasteiger partial charge in [0.25, 0.3) is 5.69 Å². The van der Waals surface area contributed by atoms with Crippen LogP contribution in [0.1, 0.15) is 0 Å². The van der Waals surface area contributed by atoms with Crippen LogP contribution in [0.3, 0.4) is 0 Å². The first-order chi connectivity index (χ1) is 8.81. The van der Waals surface area contributed by atoms with Crippen molar-refractivity contribution >= 4 is 27.3 Å². The minimum absolute atomic E-state index is 0.132. The fourth-order valence-electron chi connectivity index (χ4n) is 1.21. The number of nitro groups is 1. The molecule has 1 rings (SSSR count). The van der Waals surface area contributed by atoms with Gasteiger partial charge in [-0.15, -0.1) is 0 Å². The second kappa shape index (κ2) is 6.26. The number of rotatable bonds is 7. The smallest absolute Gasteiger partial charge is 0.276 e. The van der Waals surface area contributed by atoms with E-state index in [0.717, 1.165) is 6.26 Å². The molecule has 0 radical (unpaired) electrons. The molecule has 0 aliphatic rings. The minimum Gasteiger partial charge on any atom is -0.368 e. The van der Waals surface area contributed by atoms with Gasteiger partial charge in [-0.25, -0.2) is 24.0 Å². The number of hydrogen-bond acceptors (Lipinski definition) is 8. The van der Waals surface area contributed by atoms with Crippen molar-refractivity contribution in [1.82, 2.24) is 9.71 Å². The average molecular weight is 290 g/mol. The third-order valence-electron chi connectivity index (χ3n) is 1.96. The highest BCUT2D eigenvalue weighted by Crippen LogP contribution is 2.19. The second-order valence-electron chi connectivity index (χ2n) is 3.59. The number of hydrogen-bond donors (Lipinski definition) is 4. The summed E-state index contributed by atoms with van der Waals surface area (Å²) in [5.74, 6) is 5.50. The number of pyridine rings is 1. The maximum Gasteiger partial charge on any atom is 0.276 e. The van der Waals surface area contributed by atoms with Crippen molar-refractivity contribution in [3.05, 3.63) is 22.2 Å². The monoisotopic (exact) mass is 290 g/mol. The van der Waals surface area contributed by atoms with Gasteiger partial charge in [-0.1, -0.05) is 0 Å². The average Bonchev–Trinajstić information content (AvgIpc) is 2.33. The number of anilines is 2. The quantitative estimate of drug-likeness (QED) is 0.221. The highest BCUT2D eigenvalue weighted by atomic mass is 32.2. The molecule has 0 aromatic carbocycles. The van der Waals surface area contributed by atoms with Gasteiger partial charge in [-0.2, -0.15) is 0 Å². The van der Waals surface area contributed by atoms with Crippen LogP contribution in [0.4, 0.5) is 17.3 Å². The molecule has 11 heteroatoms. The van der Waals surface area contributed by atoms with Crippen LogP contribution in [0.15, 0.2) is 12.1 Å². The molecular weight excluding hydrogens is 276 g/mol. The largest absolute Gasteiger partial charge is 0.368 e. The predicted octanol–water partition coefficient (Wildman–Crippen LogP) is -0.763. The Kier molecular flexibility index (Phi) is 4.97. The van der Waals surface area contributed by atoms with Crippen molar-refractivity contribution in [2.45, 2.75) is 0 Å². The molecule has 0 bridgehead atoms. The number of nitrogens with zero attached hydrogens (tertiary/aromatic N) is 2. The van der Waals surface area contributed by atoms with E-state index < -0.39 is 14.9 Å². The van der Waals surface area contributed by atoms with Crippen LogP contribution in [0.2, 0.25) is 0 Å². The summed E-state index contributed by atoms with van der Waals surface area (Å²) in [5.41, 5.74) is 2.03. The van der Waals surface area contributed by atoms with Crippen molar-refractivity contribution in [1.29, 1.82) is 0 Å². The Morgan fingerprint density at radius 2 is 2.00 bits per heavy atom. The molecule has 19 heavy (non-hydrogen) atoms. The number of nitrogens with one attached hydrogen (secondary N) is 3. The Hall–Kier alpha value is -1.98. The second-order valence-corrected chi connectivity index (χ2v) is 5.42. The third kappa shape index (κ3) is 5.46. The van der Waals surface area contributed by atoms with Gasteiger partial charge in [-0.05, 0) is 0 Å². The fraction of sp³-hybridized carbons (Fsp3) is 0.375. The molecule has 0 saturated carbocycles. The van der Waals surface area contributed by atoms with Gasteiger partial charge in [0.2, 0.25) is 10.0 Å². The standard InChI is InChI=1S/C8H14N6O4S/c1-19(17,18)11-3-2-10-7-4-6(14(15)16)5-8(12-7)13-9/h4-5,11H,2-3,9H2,1H3,(H2,10,12,13). The topological polar surface area (TPSA) is 152 Å². The number of nitrogen functional groups attached to an aromatic ring is 1. The summed E-state index contributed by atoms with van der Waals surface area (Å²) in [6.07, 6.45) is 1.04. The van der Waals surface area contributed by atoms with Gasteiger partial charge in [-0.3, -0.25) is 10.1 Å². The van der Waals surface area contributed by atoms with Crippen molar-refractivity contribution < 1.29 is 13.3 Å². The molecule has 1 aromatic rings. The van der Waals surface area contributed by atoms with E-state index in [0.29, 0.717) is 0 Å². The Bertz CT molecular complexity index is 560. The van der Waals surface area contributed by atoms with Crippen LogP contribution in [-0.4, -0.2) is 37.7 Å². The zero-order valence-corrected chi connectivity index (χ0v) is 10.9. The van der Waals surface area contributed by atoms with Crippen LogP contribution in [0, 0.1) is 10.1 Å². The molecule has 0 fully saturated rings. The molecule has 0 aliphatic carbocycles. The maximum atomic E-state index is 10.8. The van der Waals surface area contributed by atoms with E-state index in [9.17, 15) is 18.5 Å². The first kappa shape index (κ1) is 15.1. The molecule has 5 N–H and O–H groups in total. The molecule has 1 heterocycles. The molecule has 1 aromatic heterocycles. The Morgan fingerprint density at radius 1 is 1.37 bits per heavy atom. The number of sulfonamides is 1. The lowest BCUT2D eigenvalue weighted by molar-refractivity contribution is -0.384. The lowest BCUT2D eigenvalue weighted by Crippen LogP contribution is -2.27.